The summed E-state index contributed by atoms with van der Waals surface area (Å²) in [6.45, 7) is 5.48. The van der Waals surface area contributed by atoms with E-state index in [-0.39, 0.29) is 69.1 Å². The summed E-state index contributed by atoms with van der Waals surface area (Å²) in [5.41, 5.74) is -4.15. The Kier molecular flexibility index (Phi) is 14.0. The second kappa shape index (κ2) is 19.4. The monoisotopic (exact) mass is 971 g/mol. The minimum atomic E-state index is -2.36. The number of ether oxygens (including phenoxy) is 2. The maximum Gasteiger partial charge on any atom is 0.333 e. The molecule has 4 aliphatic carbocycles. The van der Waals surface area contributed by atoms with Crippen molar-refractivity contribution in [3.05, 3.63) is 89.0 Å². The summed E-state index contributed by atoms with van der Waals surface area (Å²) in [5, 5.41) is 28.1. The quantitative estimate of drug-likeness (QED) is 0.119. The second-order valence-corrected chi connectivity index (χ2v) is 20.2. The van der Waals surface area contributed by atoms with Gasteiger partial charge in [-0.1, -0.05) is 56.3 Å². The number of imide groups is 1. The number of aliphatic hydroxyl groups is 2. The Labute approximate surface area is 403 Å². The van der Waals surface area contributed by atoms with E-state index in [0.717, 1.165) is 17.2 Å². The lowest BCUT2D eigenvalue weighted by molar-refractivity contribution is -0.235. The highest BCUT2D eigenvalue weighted by Gasteiger charge is 2.80. The van der Waals surface area contributed by atoms with Crippen LogP contribution >= 0.6 is 0 Å². The molecule has 2 heterocycles. The molecule has 16 nitrogen and oxygen atoms in total. The van der Waals surface area contributed by atoms with Crippen molar-refractivity contribution in [2.45, 2.75) is 140 Å². The van der Waals surface area contributed by atoms with Gasteiger partial charge >= 0.3 is 5.97 Å². The first-order valence-electron chi connectivity index (χ1n) is 24.0. The lowest BCUT2D eigenvalue weighted by Crippen LogP contribution is -2.70. The molecule has 12 atom stereocenters. The van der Waals surface area contributed by atoms with Gasteiger partial charge in [0.1, 0.15) is 12.8 Å². The number of hydrogen-bond donors (Lipinski definition) is 4. The number of alkyl halides is 2. The van der Waals surface area contributed by atoms with Crippen LogP contribution in [0.25, 0.3) is 0 Å². The number of carbonyl (C=O) groups is 8. The van der Waals surface area contributed by atoms with Gasteiger partial charge in [0.2, 0.25) is 11.8 Å². The van der Waals surface area contributed by atoms with Gasteiger partial charge < -0.3 is 35.2 Å². The summed E-state index contributed by atoms with van der Waals surface area (Å²) in [6.07, 6.45) is -1.27. The maximum atomic E-state index is 17.8. The molecular weight excluding hydrogens is 913 g/mol. The predicted molar refractivity (Wildman–Crippen MR) is 244 cm³/mol. The van der Waals surface area contributed by atoms with E-state index >= 15 is 8.78 Å². The molecule has 70 heavy (non-hydrogen) atoms. The number of unbranched alkanes of at least 4 members (excludes halogenated alkanes) is 1. The average Bonchev–Trinajstić information content (AvgIpc) is 3.94. The molecule has 1 unspecified atom stereocenters. The first kappa shape index (κ1) is 50.6. The molecule has 4 amide bonds. The number of fused-ring (bicyclic) bond motifs is 7. The summed E-state index contributed by atoms with van der Waals surface area (Å²) < 4.78 is 46.8. The Morgan fingerprint density at radius 2 is 1.64 bits per heavy atom. The van der Waals surface area contributed by atoms with Crippen molar-refractivity contribution in [3.8, 4) is 0 Å². The van der Waals surface area contributed by atoms with Crippen molar-refractivity contribution >= 4 is 52.6 Å². The zero-order valence-electron chi connectivity index (χ0n) is 39.5. The number of Topliss-reactive ketones (excluding diaryl/α,β-unsaturated/α-hetero) is 2. The number of anilines is 1. The van der Waals surface area contributed by atoms with Gasteiger partial charge in [-0.05, 0) is 99.3 Å². The predicted octanol–water partition coefficient (Wildman–Crippen LogP) is 5.13. The van der Waals surface area contributed by atoms with Crippen LogP contribution in [0.2, 0.25) is 0 Å². The van der Waals surface area contributed by atoms with Crippen molar-refractivity contribution in [3.63, 3.8) is 0 Å². The van der Waals surface area contributed by atoms with Crippen molar-refractivity contribution < 1.29 is 71.7 Å². The van der Waals surface area contributed by atoms with Crippen molar-refractivity contribution in [2.24, 2.45) is 28.6 Å². The van der Waals surface area contributed by atoms with Crippen LogP contribution in [-0.2, 0) is 59.1 Å². The van der Waals surface area contributed by atoms with Gasteiger partial charge in [-0.3, -0.25) is 33.6 Å². The van der Waals surface area contributed by atoms with Gasteiger partial charge in [0.15, 0.2) is 34.9 Å². The number of hydroxylamine groups is 2. The van der Waals surface area contributed by atoms with Crippen LogP contribution in [0.3, 0.4) is 0 Å². The smallest absolute Gasteiger partial charge is 0.333 e. The van der Waals surface area contributed by atoms with E-state index in [2.05, 4.69) is 10.6 Å². The van der Waals surface area contributed by atoms with Crippen LogP contribution < -0.4 is 10.6 Å². The number of nitrogens with one attached hydrogen (secondary N) is 2. The lowest BCUT2D eigenvalue weighted by Gasteiger charge is -2.63. The third-order valence-corrected chi connectivity index (χ3v) is 15.8. The first-order chi connectivity index (χ1) is 33.1. The summed E-state index contributed by atoms with van der Waals surface area (Å²) in [5.74, 6) is -6.66. The fourth-order valence-electron chi connectivity index (χ4n) is 12.1. The number of rotatable bonds is 17. The largest absolute Gasteiger partial charge is 0.390 e. The molecule has 2 aliphatic heterocycles. The Hall–Kier alpha value is -5.82. The summed E-state index contributed by atoms with van der Waals surface area (Å²) in [6, 6.07) is 13.6. The molecule has 0 spiro atoms. The third-order valence-electron chi connectivity index (χ3n) is 15.8. The molecule has 2 aromatic carbocycles. The summed E-state index contributed by atoms with van der Waals surface area (Å²) in [4.78, 5) is 105. The highest BCUT2D eigenvalue weighted by atomic mass is 19.1. The van der Waals surface area contributed by atoms with Gasteiger partial charge in [0.25, 0.3) is 11.8 Å². The van der Waals surface area contributed by atoms with E-state index in [1.807, 2.05) is 24.3 Å². The molecule has 3 saturated carbocycles. The average molecular weight is 972 g/mol. The molecular formula is C52H59F2N3O13. The SMILES string of the molecule is C[C@H](CC(=O)[C@H](C)NC(=O)CCCCC(=O)ON1C(=O)CCC1=O)C(=O)Nc1cccc(Cc2ccc(C3O[C@@H]4C[C@H]5[C@@H]6C[C@H](F)C7=CC(=O)C=C[C@]7(C)[C@@]6(F)[C@@H](O)C[C@]5(C)[C@]4(C(=O)CO)O3)cc2)c1. The molecule has 2 aromatic rings. The van der Waals surface area contributed by atoms with Gasteiger partial charge in [-0.2, -0.15) is 0 Å². The normalized spacial score (nSPS) is 32.8. The molecule has 5 fully saturated rings. The molecule has 374 valence electrons. The molecule has 6 aliphatic rings. The number of ketones is 3. The van der Waals surface area contributed by atoms with Crippen LogP contribution in [0, 0.1) is 28.6 Å². The van der Waals surface area contributed by atoms with Gasteiger partial charge in [-0.15, -0.1) is 5.06 Å². The standard InChI is InChI=1S/C52H59F2N3O13/c1-28(20-39(60)29(2)55-43(63)10-5-6-11-46(66)70-57-44(64)16-17-45(57)65)47(67)56-33-9-7-8-31(22-33)21-30-12-14-32(15-13-30)48-68-42-25-35-36-24-38(53)37-23-34(59)18-19-49(37,3)51(36,54)40(61)26-50(35,4)52(42,69-48)41(62)27-58/h7-9,12-15,18-19,22-23,28-29,35-36,38,40,42,48,58,61H,5-6,10-11,16-17,20-21,24-27H2,1-4H3,(H,55,63)(H,56,67)/t28-,29+,35+,36+,38+,40+,42-,48?,49+,50+,51+,52-/m1/s1. The van der Waals surface area contributed by atoms with Crippen molar-refractivity contribution in [1.29, 1.82) is 0 Å². The Morgan fingerprint density at radius 1 is 0.943 bits per heavy atom. The van der Waals surface area contributed by atoms with E-state index < -0.39 is 118 Å². The Bertz CT molecular complexity index is 2530. The third kappa shape index (κ3) is 8.85. The molecule has 18 heteroatoms. The first-order valence-corrected chi connectivity index (χ1v) is 24.0. The highest BCUT2D eigenvalue weighted by molar-refractivity contribution is 6.02. The number of aliphatic hydroxyl groups excluding tert-OH is 2. The topological polar surface area (TPSA) is 232 Å². The molecule has 2 saturated heterocycles. The minimum absolute atomic E-state index is 0.00411. The van der Waals surface area contributed by atoms with E-state index in [4.69, 9.17) is 14.3 Å². The van der Waals surface area contributed by atoms with Crippen molar-refractivity contribution in [2.75, 3.05) is 11.9 Å². The van der Waals surface area contributed by atoms with Crippen LogP contribution in [-0.4, -0.2) is 105 Å². The van der Waals surface area contributed by atoms with E-state index in [0.29, 0.717) is 29.2 Å². The molecule has 0 radical (unpaired) electrons. The van der Waals surface area contributed by atoms with E-state index in [1.54, 1.807) is 38.1 Å². The Morgan fingerprint density at radius 3 is 2.34 bits per heavy atom. The zero-order valence-corrected chi connectivity index (χ0v) is 39.5. The fraction of sp³-hybridized carbons (Fsp3) is 0.538. The Balaban J connectivity index is 0.833. The number of carbonyl (C=O) groups excluding carboxylic acids is 8. The summed E-state index contributed by atoms with van der Waals surface area (Å²) >= 11 is 0. The number of halogens is 2. The number of nitrogens with zero attached hydrogens (tertiary/aromatic N) is 1. The second-order valence-electron chi connectivity index (χ2n) is 20.2. The molecule has 4 N–H and O–H groups in total. The number of allylic oxidation sites excluding steroid dienone is 4. The maximum absolute atomic E-state index is 17.8. The van der Waals surface area contributed by atoms with E-state index in [1.165, 1.54) is 26.0 Å². The summed E-state index contributed by atoms with van der Waals surface area (Å²) in [7, 11) is 0. The minimum Gasteiger partial charge on any atom is -0.390 e. The molecule has 0 bridgehead atoms. The van der Waals surface area contributed by atoms with Crippen molar-refractivity contribution in [1.82, 2.24) is 10.4 Å². The van der Waals surface area contributed by atoms with E-state index in [9.17, 15) is 48.6 Å². The highest BCUT2D eigenvalue weighted by Crippen LogP contribution is 2.72. The van der Waals surface area contributed by atoms with Gasteiger partial charge in [0, 0.05) is 66.0 Å². The van der Waals surface area contributed by atoms with Crippen LogP contribution in [0.15, 0.2) is 72.3 Å². The number of amides is 4. The fourth-order valence-corrected chi connectivity index (χ4v) is 12.1. The lowest BCUT2D eigenvalue weighted by atomic mass is 9.44. The van der Waals surface area contributed by atoms with Crippen LogP contribution in [0.5, 0.6) is 0 Å². The van der Waals surface area contributed by atoms with Crippen LogP contribution in [0.4, 0.5) is 14.5 Å². The van der Waals surface area contributed by atoms with Gasteiger partial charge in [-0.25, -0.2) is 13.6 Å². The number of hydrogen-bond acceptors (Lipinski definition) is 13. The molecule has 0 aromatic heterocycles. The van der Waals surface area contributed by atoms with Crippen LogP contribution in [0.1, 0.15) is 115 Å². The van der Waals surface area contributed by atoms with Gasteiger partial charge in [0.05, 0.1) is 18.2 Å². The number of benzene rings is 2. The molecule has 8 rings (SSSR count). The zero-order chi connectivity index (χ0) is 50.5.